The molecule has 0 saturated carbocycles. The number of aryl methyl sites for hydroxylation is 2. The third kappa shape index (κ3) is 2.31. The average molecular weight is 251 g/mol. The van der Waals surface area contributed by atoms with E-state index in [0.29, 0.717) is 18.1 Å². The van der Waals surface area contributed by atoms with Gasteiger partial charge < -0.3 is 10.4 Å². The molecule has 0 aliphatic rings. The molecule has 2 aromatic heterocycles. The Morgan fingerprint density at radius 2 is 2.41 bits per heavy atom. The molecule has 0 aromatic carbocycles. The van der Waals surface area contributed by atoms with Gasteiger partial charge in [-0.15, -0.1) is 0 Å². The van der Waals surface area contributed by atoms with Crippen LogP contribution in [0.4, 0.5) is 5.82 Å². The minimum atomic E-state index is -0.955. The van der Waals surface area contributed by atoms with Crippen molar-refractivity contribution in [2.24, 2.45) is 7.05 Å². The summed E-state index contributed by atoms with van der Waals surface area (Å²) >= 11 is 1.62. The zero-order valence-corrected chi connectivity index (χ0v) is 10.4. The van der Waals surface area contributed by atoms with E-state index in [1.165, 1.54) is 0 Å². The molecule has 2 heterocycles. The summed E-state index contributed by atoms with van der Waals surface area (Å²) < 4.78 is 1.56. The molecule has 2 rings (SSSR count). The number of anilines is 1. The van der Waals surface area contributed by atoms with Crippen molar-refractivity contribution >= 4 is 23.1 Å². The Bertz CT molecular complexity index is 531. The maximum atomic E-state index is 11.1. The molecule has 90 valence electrons. The first-order valence-electron chi connectivity index (χ1n) is 5.11. The number of rotatable bonds is 4. The lowest BCUT2D eigenvalue weighted by Crippen LogP contribution is -2.08. The van der Waals surface area contributed by atoms with Gasteiger partial charge in [0.25, 0.3) is 0 Å². The lowest BCUT2D eigenvalue weighted by atomic mass is 10.2. The Kier molecular flexibility index (Phi) is 3.14. The highest BCUT2D eigenvalue weighted by Crippen LogP contribution is 2.19. The standard InChI is InChI=1S/C11H13N3O2S/c1-7-9(11(15)16)10(14(2)13-7)12-5-8-3-4-17-6-8/h3-4,6,12H,5H2,1-2H3,(H,15,16). The quantitative estimate of drug-likeness (QED) is 0.873. The van der Waals surface area contributed by atoms with E-state index < -0.39 is 5.97 Å². The summed E-state index contributed by atoms with van der Waals surface area (Å²) in [5, 5.41) is 20.4. The van der Waals surface area contributed by atoms with Crippen LogP contribution in [0, 0.1) is 6.92 Å². The van der Waals surface area contributed by atoms with Gasteiger partial charge in [0.2, 0.25) is 0 Å². The highest BCUT2D eigenvalue weighted by atomic mass is 32.1. The van der Waals surface area contributed by atoms with Crippen LogP contribution in [0.1, 0.15) is 21.6 Å². The summed E-state index contributed by atoms with van der Waals surface area (Å²) in [6.07, 6.45) is 0. The largest absolute Gasteiger partial charge is 0.477 e. The van der Waals surface area contributed by atoms with Gasteiger partial charge in [0, 0.05) is 13.6 Å². The molecule has 2 aromatic rings. The van der Waals surface area contributed by atoms with E-state index >= 15 is 0 Å². The number of carbonyl (C=O) groups is 1. The number of hydrogen-bond donors (Lipinski definition) is 2. The van der Waals surface area contributed by atoms with Gasteiger partial charge in [-0.1, -0.05) is 0 Å². The Morgan fingerprint density at radius 1 is 1.65 bits per heavy atom. The van der Waals surface area contributed by atoms with E-state index in [-0.39, 0.29) is 5.56 Å². The van der Waals surface area contributed by atoms with Crippen molar-refractivity contribution < 1.29 is 9.90 Å². The van der Waals surface area contributed by atoms with E-state index in [9.17, 15) is 4.79 Å². The number of carboxylic acids is 1. The summed E-state index contributed by atoms with van der Waals surface area (Å²) in [5.74, 6) is -0.412. The second kappa shape index (κ2) is 4.58. The predicted octanol–water partition coefficient (Wildman–Crippen LogP) is 2.10. The van der Waals surface area contributed by atoms with Crippen molar-refractivity contribution in [3.05, 3.63) is 33.6 Å². The van der Waals surface area contributed by atoms with Crippen molar-refractivity contribution in [3.63, 3.8) is 0 Å². The zero-order chi connectivity index (χ0) is 12.4. The first-order chi connectivity index (χ1) is 8.09. The maximum absolute atomic E-state index is 11.1. The summed E-state index contributed by atoms with van der Waals surface area (Å²) in [6, 6.07) is 2.00. The molecule has 0 amide bonds. The van der Waals surface area contributed by atoms with Crippen molar-refractivity contribution in [1.29, 1.82) is 0 Å². The van der Waals surface area contributed by atoms with Crippen molar-refractivity contribution in [2.45, 2.75) is 13.5 Å². The number of aromatic carboxylic acids is 1. The van der Waals surface area contributed by atoms with Crippen LogP contribution in [-0.2, 0) is 13.6 Å². The smallest absolute Gasteiger partial charge is 0.341 e. The molecule has 0 radical (unpaired) electrons. The SMILES string of the molecule is Cc1nn(C)c(NCc2ccsc2)c1C(=O)O. The third-order valence-corrected chi connectivity index (χ3v) is 3.21. The van der Waals surface area contributed by atoms with Crippen LogP contribution in [0.2, 0.25) is 0 Å². The molecule has 0 spiro atoms. The summed E-state index contributed by atoms with van der Waals surface area (Å²) in [7, 11) is 1.73. The van der Waals surface area contributed by atoms with Crippen LogP contribution >= 0.6 is 11.3 Å². The minimum Gasteiger partial charge on any atom is -0.477 e. The van der Waals surface area contributed by atoms with Crippen LogP contribution in [0.3, 0.4) is 0 Å². The fourth-order valence-electron chi connectivity index (χ4n) is 1.70. The average Bonchev–Trinajstić information content (AvgIpc) is 2.83. The molecular weight excluding hydrogens is 238 g/mol. The highest BCUT2D eigenvalue weighted by molar-refractivity contribution is 7.07. The molecule has 0 fully saturated rings. The number of hydrogen-bond acceptors (Lipinski definition) is 4. The number of aromatic nitrogens is 2. The Hall–Kier alpha value is -1.82. The predicted molar refractivity (Wildman–Crippen MR) is 66.6 cm³/mol. The molecule has 0 atom stereocenters. The molecule has 0 unspecified atom stereocenters. The molecule has 0 aliphatic carbocycles. The molecule has 6 heteroatoms. The van der Waals surface area contributed by atoms with Gasteiger partial charge in [-0.05, 0) is 29.3 Å². The second-order valence-electron chi connectivity index (χ2n) is 3.72. The second-order valence-corrected chi connectivity index (χ2v) is 4.50. The van der Waals surface area contributed by atoms with E-state index in [1.807, 2.05) is 16.8 Å². The van der Waals surface area contributed by atoms with Gasteiger partial charge in [0.05, 0.1) is 5.69 Å². The lowest BCUT2D eigenvalue weighted by molar-refractivity contribution is 0.0697. The molecule has 5 nitrogen and oxygen atoms in total. The fraction of sp³-hybridized carbons (Fsp3) is 0.273. The lowest BCUT2D eigenvalue weighted by Gasteiger charge is -2.06. The molecule has 17 heavy (non-hydrogen) atoms. The van der Waals surface area contributed by atoms with Crippen LogP contribution in [0.25, 0.3) is 0 Å². The van der Waals surface area contributed by atoms with Gasteiger partial charge in [0.15, 0.2) is 0 Å². The van der Waals surface area contributed by atoms with Gasteiger partial charge >= 0.3 is 5.97 Å². The number of nitrogens with zero attached hydrogens (tertiary/aromatic N) is 2. The topological polar surface area (TPSA) is 67.2 Å². The van der Waals surface area contributed by atoms with Crippen LogP contribution in [-0.4, -0.2) is 20.9 Å². The van der Waals surface area contributed by atoms with E-state index in [4.69, 9.17) is 5.11 Å². The first kappa shape index (κ1) is 11.7. The van der Waals surface area contributed by atoms with E-state index in [1.54, 1.807) is 30.0 Å². The summed E-state index contributed by atoms with van der Waals surface area (Å²) in [5.41, 5.74) is 1.89. The number of nitrogens with one attached hydrogen (secondary N) is 1. The van der Waals surface area contributed by atoms with Gasteiger partial charge in [-0.2, -0.15) is 16.4 Å². The number of thiophene rings is 1. The summed E-state index contributed by atoms with van der Waals surface area (Å²) in [4.78, 5) is 11.1. The molecule has 0 bridgehead atoms. The van der Waals surface area contributed by atoms with E-state index in [2.05, 4.69) is 10.4 Å². The molecule has 2 N–H and O–H groups in total. The van der Waals surface area contributed by atoms with Crippen LogP contribution < -0.4 is 5.32 Å². The Balaban J connectivity index is 2.23. The molecule has 0 saturated heterocycles. The van der Waals surface area contributed by atoms with Gasteiger partial charge in [-0.3, -0.25) is 4.68 Å². The third-order valence-electron chi connectivity index (χ3n) is 2.48. The van der Waals surface area contributed by atoms with Gasteiger partial charge in [-0.25, -0.2) is 4.79 Å². The molecular formula is C11H13N3O2S. The van der Waals surface area contributed by atoms with Crippen molar-refractivity contribution in [3.8, 4) is 0 Å². The first-order valence-corrected chi connectivity index (χ1v) is 6.05. The normalized spacial score (nSPS) is 10.5. The highest BCUT2D eigenvalue weighted by Gasteiger charge is 2.19. The minimum absolute atomic E-state index is 0.239. The van der Waals surface area contributed by atoms with Crippen molar-refractivity contribution in [2.75, 3.05) is 5.32 Å². The Morgan fingerprint density at radius 3 is 3.00 bits per heavy atom. The van der Waals surface area contributed by atoms with Crippen LogP contribution in [0.5, 0.6) is 0 Å². The number of carboxylic acid groups (broad SMARTS) is 1. The summed E-state index contributed by atoms with van der Waals surface area (Å²) in [6.45, 7) is 2.29. The Labute approximate surface area is 103 Å². The fourth-order valence-corrected chi connectivity index (χ4v) is 2.36. The van der Waals surface area contributed by atoms with Gasteiger partial charge in [0.1, 0.15) is 11.4 Å². The van der Waals surface area contributed by atoms with E-state index in [0.717, 1.165) is 5.56 Å². The molecule has 0 aliphatic heterocycles. The van der Waals surface area contributed by atoms with Crippen LogP contribution in [0.15, 0.2) is 16.8 Å². The zero-order valence-electron chi connectivity index (χ0n) is 9.60. The van der Waals surface area contributed by atoms with Crippen molar-refractivity contribution in [1.82, 2.24) is 9.78 Å². The maximum Gasteiger partial charge on any atom is 0.341 e. The monoisotopic (exact) mass is 251 g/mol.